The molecule has 4 rings (SSSR count). The number of alkyl halides is 3. The van der Waals surface area contributed by atoms with E-state index in [2.05, 4.69) is 25.4 Å². The van der Waals surface area contributed by atoms with Crippen LogP contribution in [0.15, 0.2) is 0 Å². The number of aromatic nitrogens is 5. The Morgan fingerprint density at radius 3 is 2.67 bits per heavy atom. The second-order valence-electron chi connectivity index (χ2n) is 7.03. The maximum absolute atomic E-state index is 12.9. The topological polar surface area (TPSA) is 102 Å². The van der Waals surface area contributed by atoms with Crippen molar-refractivity contribution in [2.75, 3.05) is 5.32 Å². The SMILES string of the molecule is Cc1nc2nc(C(F)(F)F)nn2c(C)c1CCC(=O)Nc1nc2c(s1)C(=O)CCC2. The molecule has 1 amide bonds. The van der Waals surface area contributed by atoms with Crippen LogP contribution in [0.25, 0.3) is 5.78 Å². The smallest absolute Gasteiger partial charge is 0.302 e. The number of hydrogen-bond donors (Lipinski definition) is 1. The number of amides is 1. The highest BCUT2D eigenvalue weighted by molar-refractivity contribution is 7.17. The molecule has 12 heteroatoms. The number of carbonyl (C=O) groups is 2. The summed E-state index contributed by atoms with van der Waals surface area (Å²) in [5.41, 5.74) is 2.29. The van der Waals surface area contributed by atoms with Gasteiger partial charge in [-0.1, -0.05) is 11.3 Å². The third kappa shape index (κ3) is 3.78. The monoisotopic (exact) mass is 438 g/mol. The molecule has 0 atom stereocenters. The Balaban J connectivity index is 1.49. The maximum Gasteiger partial charge on any atom is 0.453 e. The van der Waals surface area contributed by atoms with Crippen molar-refractivity contribution >= 4 is 33.9 Å². The summed E-state index contributed by atoms with van der Waals surface area (Å²) in [6, 6.07) is 0. The Morgan fingerprint density at radius 1 is 1.20 bits per heavy atom. The molecule has 158 valence electrons. The van der Waals surface area contributed by atoms with Gasteiger partial charge in [0.2, 0.25) is 5.91 Å². The molecule has 1 aliphatic carbocycles. The number of nitrogens with one attached hydrogen (secondary N) is 1. The number of thiazole rings is 1. The Morgan fingerprint density at radius 2 is 1.97 bits per heavy atom. The molecule has 3 aromatic heterocycles. The van der Waals surface area contributed by atoms with E-state index in [1.54, 1.807) is 13.8 Å². The summed E-state index contributed by atoms with van der Waals surface area (Å²) < 4.78 is 39.7. The van der Waals surface area contributed by atoms with Crippen molar-refractivity contribution in [1.82, 2.24) is 24.6 Å². The zero-order valence-electron chi connectivity index (χ0n) is 16.1. The van der Waals surface area contributed by atoms with Crippen LogP contribution in [-0.4, -0.2) is 36.3 Å². The molecule has 0 aromatic carbocycles. The number of nitrogens with zero attached hydrogens (tertiary/aromatic N) is 5. The maximum atomic E-state index is 12.9. The number of rotatable bonds is 4. The lowest BCUT2D eigenvalue weighted by molar-refractivity contribution is -0.144. The van der Waals surface area contributed by atoms with Gasteiger partial charge in [0.15, 0.2) is 10.9 Å². The van der Waals surface area contributed by atoms with Crippen LogP contribution in [0.3, 0.4) is 0 Å². The predicted octanol–water partition coefficient (Wildman–Crippen LogP) is 3.31. The molecule has 8 nitrogen and oxygen atoms in total. The molecule has 0 bridgehead atoms. The average Bonchev–Trinajstić information content (AvgIpc) is 3.26. The first-order valence-electron chi connectivity index (χ1n) is 9.26. The van der Waals surface area contributed by atoms with Crippen molar-refractivity contribution in [3.05, 3.63) is 33.3 Å². The van der Waals surface area contributed by atoms with E-state index < -0.39 is 12.0 Å². The van der Waals surface area contributed by atoms with Crippen LogP contribution in [0.2, 0.25) is 0 Å². The minimum absolute atomic E-state index is 0.0472. The summed E-state index contributed by atoms with van der Waals surface area (Å²) >= 11 is 1.17. The van der Waals surface area contributed by atoms with E-state index in [0.29, 0.717) is 33.4 Å². The fourth-order valence-corrected chi connectivity index (χ4v) is 4.43. The van der Waals surface area contributed by atoms with Crippen molar-refractivity contribution in [3.8, 4) is 0 Å². The highest BCUT2D eigenvalue weighted by Gasteiger charge is 2.37. The molecule has 0 saturated carbocycles. The van der Waals surface area contributed by atoms with Gasteiger partial charge in [-0.25, -0.2) is 14.5 Å². The van der Waals surface area contributed by atoms with Crippen LogP contribution in [0.4, 0.5) is 18.3 Å². The summed E-state index contributed by atoms with van der Waals surface area (Å²) in [6.45, 7) is 3.27. The molecule has 30 heavy (non-hydrogen) atoms. The molecule has 1 N–H and O–H groups in total. The standard InChI is InChI=1S/C18H17F3N6O2S/c1-8-10(9(2)27-16(22-8)25-15(26-27)18(19,20)21)6-7-13(29)24-17-23-11-4-3-5-12(28)14(11)30-17/h3-7H2,1-2H3,(H,23,24,29). The van der Waals surface area contributed by atoms with Crippen molar-refractivity contribution in [2.45, 2.75) is 52.1 Å². The number of anilines is 1. The van der Waals surface area contributed by atoms with Gasteiger partial charge in [-0.15, -0.1) is 5.10 Å². The highest BCUT2D eigenvalue weighted by Crippen LogP contribution is 2.30. The van der Waals surface area contributed by atoms with Gasteiger partial charge in [-0.3, -0.25) is 9.59 Å². The molecule has 0 aliphatic heterocycles. The van der Waals surface area contributed by atoms with Crippen LogP contribution in [0.1, 0.15) is 57.4 Å². The minimum Gasteiger partial charge on any atom is -0.302 e. The summed E-state index contributed by atoms with van der Waals surface area (Å²) in [5, 5.41) is 6.59. The number of ketones is 1. The van der Waals surface area contributed by atoms with Crippen LogP contribution >= 0.6 is 11.3 Å². The van der Waals surface area contributed by atoms with E-state index in [1.165, 1.54) is 11.3 Å². The predicted molar refractivity (Wildman–Crippen MR) is 102 cm³/mol. The summed E-state index contributed by atoms with van der Waals surface area (Å²) in [6.07, 6.45) is -2.35. The highest BCUT2D eigenvalue weighted by atomic mass is 32.1. The van der Waals surface area contributed by atoms with E-state index in [4.69, 9.17) is 0 Å². The van der Waals surface area contributed by atoms with E-state index in [0.717, 1.165) is 23.1 Å². The number of halogens is 3. The van der Waals surface area contributed by atoms with Gasteiger partial charge in [0, 0.05) is 24.2 Å². The molecule has 1 aliphatic rings. The number of carbonyl (C=O) groups excluding carboxylic acids is 2. The molecule has 3 heterocycles. The first-order valence-corrected chi connectivity index (χ1v) is 10.1. The van der Waals surface area contributed by atoms with Crippen LogP contribution in [0, 0.1) is 13.8 Å². The number of fused-ring (bicyclic) bond motifs is 2. The van der Waals surface area contributed by atoms with Gasteiger partial charge < -0.3 is 5.32 Å². The molecular weight excluding hydrogens is 421 g/mol. The minimum atomic E-state index is -4.66. The Hall–Kier alpha value is -2.89. The summed E-state index contributed by atoms with van der Waals surface area (Å²) in [5.74, 6) is -1.65. The fourth-order valence-electron chi connectivity index (χ4n) is 3.43. The van der Waals surface area contributed by atoms with Crippen molar-refractivity contribution in [2.24, 2.45) is 0 Å². The molecule has 0 saturated heterocycles. The van der Waals surface area contributed by atoms with Crippen LogP contribution in [-0.2, 0) is 23.8 Å². The second kappa shape index (κ2) is 7.42. The number of aryl methyl sites for hydroxylation is 3. The van der Waals surface area contributed by atoms with Crippen LogP contribution < -0.4 is 5.32 Å². The summed E-state index contributed by atoms with van der Waals surface area (Å²) in [4.78, 5) is 36.7. The van der Waals surface area contributed by atoms with Crippen molar-refractivity contribution in [3.63, 3.8) is 0 Å². The zero-order valence-corrected chi connectivity index (χ0v) is 16.9. The summed E-state index contributed by atoms with van der Waals surface area (Å²) in [7, 11) is 0. The Labute approximate surface area is 172 Å². The van der Waals surface area contributed by atoms with E-state index >= 15 is 0 Å². The molecule has 0 spiro atoms. The third-order valence-electron chi connectivity index (χ3n) is 4.92. The lowest BCUT2D eigenvalue weighted by atomic mass is 10.0. The van der Waals surface area contributed by atoms with E-state index in [1.807, 2.05) is 0 Å². The molecule has 3 aromatic rings. The van der Waals surface area contributed by atoms with Gasteiger partial charge in [0.25, 0.3) is 11.6 Å². The van der Waals surface area contributed by atoms with Crippen molar-refractivity contribution in [1.29, 1.82) is 0 Å². The second-order valence-corrected chi connectivity index (χ2v) is 8.02. The first-order chi connectivity index (χ1) is 14.1. The third-order valence-corrected chi connectivity index (χ3v) is 5.97. The largest absolute Gasteiger partial charge is 0.453 e. The molecule has 0 unspecified atom stereocenters. The van der Waals surface area contributed by atoms with E-state index in [-0.39, 0.29) is 30.3 Å². The Bertz CT molecular complexity index is 1170. The first kappa shape index (κ1) is 20.4. The quantitative estimate of drug-likeness (QED) is 0.671. The van der Waals surface area contributed by atoms with Gasteiger partial charge in [0.05, 0.1) is 10.6 Å². The van der Waals surface area contributed by atoms with Gasteiger partial charge in [-0.05, 0) is 38.7 Å². The van der Waals surface area contributed by atoms with Crippen molar-refractivity contribution < 1.29 is 22.8 Å². The van der Waals surface area contributed by atoms with Gasteiger partial charge in [0.1, 0.15) is 0 Å². The van der Waals surface area contributed by atoms with Gasteiger partial charge >= 0.3 is 6.18 Å². The zero-order chi connectivity index (χ0) is 21.6. The molecular formula is C18H17F3N6O2S. The number of Topliss-reactive ketones (excluding diaryl/α,β-unsaturated/α-hetero) is 1. The van der Waals surface area contributed by atoms with Gasteiger partial charge in [-0.2, -0.15) is 18.2 Å². The molecule has 0 fully saturated rings. The van der Waals surface area contributed by atoms with E-state index in [9.17, 15) is 22.8 Å². The Kier molecular flexibility index (Phi) is 5.04. The average molecular weight is 438 g/mol. The van der Waals surface area contributed by atoms with Crippen LogP contribution in [0.5, 0.6) is 0 Å². The normalized spacial score (nSPS) is 14.2. The molecule has 0 radical (unpaired) electrons. The number of hydrogen-bond acceptors (Lipinski definition) is 7. The lowest BCUT2D eigenvalue weighted by Gasteiger charge is -2.10. The fraction of sp³-hybridized carbons (Fsp3) is 0.444. The lowest BCUT2D eigenvalue weighted by Crippen LogP contribution is -2.14.